The summed E-state index contributed by atoms with van der Waals surface area (Å²) in [6.07, 6.45) is 1.25. The van der Waals surface area contributed by atoms with Gasteiger partial charge in [-0.25, -0.2) is 8.42 Å². The monoisotopic (exact) mass is 301 g/mol. The summed E-state index contributed by atoms with van der Waals surface area (Å²) in [6.45, 7) is 2.61. The molecule has 0 amide bonds. The minimum absolute atomic E-state index is 0.316. The summed E-state index contributed by atoms with van der Waals surface area (Å²) in [7, 11) is 0.210. The second-order valence-electron chi connectivity index (χ2n) is 4.68. The van der Waals surface area contributed by atoms with Gasteiger partial charge in [0.05, 0.1) is 17.9 Å². The zero-order valence-corrected chi connectivity index (χ0v) is 13.2. The summed E-state index contributed by atoms with van der Waals surface area (Å²) in [5.41, 5.74) is 0.837. The SMILES string of the molecule is CNC(c1ccccc1OCCOC)C(C)S(C)(=O)=O. The van der Waals surface area contributed by atoms with E-state index in [1.165, 1.54) is 6.26 Å². The highest BCUT2D eigenvalue weighted by Crippen LogP contribution is 2.29. The van der Waals surface area contributed by atoms with Crippen LogP contribution in [0.1, 0.15) is 18.5 Å². The molecule has 1 aromatic rings. The standard InChI is InChI=1S/C14H23NO4S/c1-11(20(4,16)17)14(15-2)12-7-5-6-8-13(12)19-10-9-18-3/h5-8,11,14-15H,9-10H2,1-4H3. The molecule has 0 radical (unpaired) electrons. The molecule has 0 spiro atoms. The van der Waals surface area contributed by atoms with Crippen LogP contribution in [0.4, 0.5) is 0 Å². The van der Waals surface area contributed by atoms with E-state index in [1.54, 1.807) is 21.1 Å². The molecule has 0 aliphatic rings. The van der Waals surface area contributed by atoms with Crippen molar-refractivity contribution in [1.29, 1.82) is 0 Å². The lowest BCUT2D eigenvalue weighted by Gasteiger charge is -2.24. The van der Waals surface area contributed by atoms with Gasteiger partial charge in [0.15, 0.2) is 9.84 Å². The van der Waals surface area contributed by atoms with Gasteiger partial charge < -0.3 is 14.8 Å². The van der Waals surface area contributed by atoms with Gasteiger partial charge in [0.25, 0.3) is 0 Å². The maximum Gasteiger partial charge on any atom is 0.151 e. The largest absolute Gasteiger partial charge is 0.491 e. The van der Waals surface area contributed by atoms with Gasteiger partial charge in [0.2, 0.25) is 0 Å². The smallest absolute Gasteiger partial charge is 0.151 e. The van der Waals surface area contributed by atoms with E-state index in [-0.39, 0.29) is 6.04 Å². The number of para-hydroxylation sites is 1. The maximum atomic E-state index is 11.8. The summed E-state index contributed by atoms with van der Waals surface area (Å²) in [5.74, 6) is 0.680. The van der Waals surface area contributed by atoms with E-state index >= 15 is 0 Å². The fraction of sp³-hybridized carbons (Fsp3) is 0.571. The highest BCUT2D eigenvalue weighted by atomic mass is 32.2. The molecule has 5 nitrogen and oxygen atoms in total. The summed E-state index contributed by atoms with van der Waals surface area (Å²) in [4.78, 5) is 0. The van der Waals surface area contributed by atoms with Gasteiger partial charge >= 0.3 is 0 Å². The van der Waals surface area contributed by atoms with Crippen molar-refractivity contribution >= 4 is 9.84 Å². The number of methoxy groups -OCH3 is 1. The number of benzene rings is 1. The maximum absolute atomic E-state index is 11.8. The van der Waals surface area contributed by atoms with E-state index in [2.05, 4.69) is 5.32 Å². The highest BCUT2D eigenvalue weighted by molar-refractivity contribution is 7.91. The normalized spacial score (nSPS) is 14.8. The van der Waals surface area contributed by atoms with E-state index in [0.29, 0.717) is 19.0 Å². The fourth-order valence-electron chi connectivity index (χ4n) is 1.99. The molecule has 0 fully saturated rings. The Labute approximate surface area is 121 Å². The molecular formula is C14H23NO4S. The van der Waals surface area contributed by atoms with Crippen LogP contribution in [0.25, 0.3) is 0 Å². The summed E-state index contributed by atoms with van der Waals surface area (Å²) in [6, 6.07) is 7.14. The lowest BCUT2D eigenvalue weighted by Crippen LogP contribution is -2.33. The Hall–Kier alpha value is -1.11. The van der Waals surface area contributed by atoms with Gasteiger partial charge in [0.1, 0.15) is 12.4 Å². The quantitative estimate of drug-likeness (QED) is 0.735. The van der Waals surface area contributed by atoms with Crippen LogP contribution in [0, 0.1) is 0 Å². The molecule has 1 N–H and O–H groups in total. The van der Waals surface area contributed by atoms with Crippen molar-refractivity contribution in [2.24, 2.45) is 0 Å². The third kappa shape index (κ3) is 4.47. The van der Waals surface area contributed by atoms with Gasteiger partial charge in [-0.3, -0.25) is 0 Å². The van der Waals surface area contributed by atoms with Gasteiger partial charge in [-0.05, 0) is 20.0 Å². The molecule has 2 unspecified atom stereocenters. The molecule has 114 valence electrons. The van der Waals surface area contributed by atoms with Crippen LogP contribution < -0.4 is 10.1 Å². The van der Waals surface area contributed by atoms with E-state index in [0.717, 1.165) is 5.56 Å². The Balaban J connectivity index is 3.03. The van der Waals surface area contributed by atoms with E-state index in [4.69, 9.17) is 9.47 Å². The average Bonchev–Trinajstić information content (AvgIpc) is 2.40. The summed E-state index contributed by atoms with van der Waals surface area (Å²) < 4.78 is 34.2. The van der Waals surface area contributed by atoms with Crippen molar-refractivity contribution < 1.29 is 17.9 Å². The molecule has 20 heavy (non-hydrogen) atoms. The predicted octanol–water partition coefficient (Wildman–Crippen LogP) is 1.41. The zero-order chi connectivity index (χ0) is 15.2. The predicted molar refractivity (Wildman–Crippen MR) is 79.9 cm³/mol. The first kappa shape index (κ1) is 16.9. The first-order chi connectivity index (χ1) is 9.41. The van der Waals surface area contributed by atoms with Crippen LogP contribution in [0.3, 0.4) is 0 Å². The molecule has 1 rings (SSSR count). The molecule has 0 aromatic heterocycles. The zero-order valence-electron chi connectivity index (χ0n) is 12.4. The molecule has 0 aliphatic heterocycles. The van der Waals surface area contributed by atoms with E-state index in [9.17, 15) is 8.42 Å². The molecule has 2 atom stereocenters. The molecule has 0 bridgehead atoms. The van der Waals surface area contributed by atoms with Crippen LogP contribution in [0.5, 0.6) is 5.75 Å². The molecule has 0 heterocycles. The Bertz CT molecular complexity index is 516. The molecular weight excluding hydrogens is 278 g/mol. The lowest BCUT2D eigenvalue weighted by atomic mass is 10.0. The van der Waals surface area contributed by atoms with Crippen LogP contribution in [0.15, 0.2) is 24.3 Å². The van der Waals surface area contributed by atoms with Gasteiger partial charge in [-0.1, -0.05) is 18.2 Å². The third-order valence-electron chi connectivity index (χ3n) is 3.25. The van der Waals surface area contributed by atoms with Gasteiger partial charge in [-0.2, -0.15) is 0 Å². The number of sulfone groups is 1. The fourth-order valence-corrected chi connectivity index (χ4v) is 2.77. The minimum atomic E-state index is -3.15. The first-order valence-corrected chi connectivity index (χ1v) is 8.44. The number of hydrogen-bond donors (Lipinski definition) is 1. The molecule has 6 heteroatoms. The minimum Gasteiger partial charge on any atom is -0.491 e. The van der Waals surface area contributed by atoms with Crippen LogP contribution in [-0.4, -0.2) is 47.3 Å². The summed E-state index contributed by atoms with van der Waals surface area (Å²) >= 11 is 0. The average molecular weight is 301 g/mol. The van der Waals surface area contributed by atoms with Crippen LogP contribution in [0.2, 0.25) is 0 Å². The molecule has 1 aromatic carbocycles. The van der Waals surface area contributed by atoms with Crippen LogP contribution >= 0.6 is 0 Å². The van der Waals surface area contributed by atoms with Crippen molar-refractivity contribution in [3.63, 3.8) is 0 Å². The van der Waals surface area contributed by atoms with E-state index in [1.807, 2.05) is 24.3 Å². The lowest BCUT2D eigenvalue weighted by molar-refractivity contribution is 0.145. The van der Waals surface area contributed by atoms with Crippen molar-refractivity contribution in [3.8, 4) is 5.75 Å². The van der Waals surface area contributed by atoms with Crippen molar-refractivity contribution in [3.05, 3.63) is 29.8 Å². The van der Waals surface area contributed by atoms with E-state index < -0.39 is 15.1 Å². The van der Waals surface area contributed by atoms with Gasteiger partial charge in [-0.15, -0.1) is 0 Å². The Kier molecular flexibility index (Phi) is 6.45. The van der Waals surface area contributed by atoms with Gasteiger partial charge in [0, 0.05) is 18.9 Å². The van der Waals surface area contributed by atoms with Crippen molar-refractivity contribution in [1.82, 2.24) is 5.32 Å². The molecule has 0 saturated heterocycles. The first-order valence-electron chi connectivity index (χ1n) is 6.48. The van der Waals surface area contributed by atoms with Crippen molar-refractivity contribution in [2.45, 2.75) is 18.2 Å². The van der Waals surface area contributed by atoms with Crippen LogP contribution in [-0.2, 0) is 14.6 Å². The number of nitrogens with one attached hydrogen (secondary N) is 1. The summed E-state index contributed by atoms with van der Waals surface area (Å²) in [5, 5.41) is 2.52. The Morgan fingerprint density at radius 3 is 2.45 bits per heavy atom. The third-order valence-corrected chi connectivity index (χ3v) is 4.88. The highest BCUT2D eigenvalue weighted by Gasteiger charge is 2.28. The number of hydrogen-bond acceptors (Lipinski definition) is 5. The molecule has 0 saturated carbocycles. The van der Waals surface area contributed by atoms with Crippen molar-refractivity contribution in [2.75, 3.05) is 33.6 Å². The topological polar surface area (TPSA) is 64.6 Å². The number of rotatable bonds is 8. The Morgan fingerprint density at radius 2 is 1.90 bits per heavy atom. The second kappa shape index (κ2) is 7.61. The second-order valence-corrected chi connectivity index (χ2v) is 7.08. The molecule has 0 aliphatic carbocycles. The Morgan fingerprint density at radius 1 is 1.25 bits per heavy atom. The number of ether oxygens (including phenoxy) is 2.